The fourth-order valence-corrected chi connectivity index (χ4v) is 4.54. The molecular weight excluding hydrogens is 503 g/mol. The first-order chi connectivity index (χ1) is 18.5. The van der Waals surface area contributed by atoms with Crippen LogP contribution in [0.25, 0.3) is 44.5 Å². The monoisotopic (exact) mass is 520 g/mol. The lowest BCUT2D eigenvalue weighted by molar-refractivity contribution is 0.101. The molecule has 38 heavy (non-hydrogen) atoms. The van der Waals surface area contributed by atoms with Gasteiger partial charge in [-0.3, -0.25) is 15.0 Å². The van der Waals surface area contributed by atoms with E-state index >= 15 is 0 Å². The molecule has 0 fully saturated rings. The number of benzene rings is 4. The maximum absolute atomic E-state index is 13.8. The van der Waals surface area contributed by atoms with Gasteiger partial charge in [0.15, 0.2) is 5.82 Å². The van der Waals surface area contributed by atoms with Crippen molar-refractivity contribution < 1.29 is 9.18 Å². The molecule has 0 unspecified atom stereocenters. The Kier molecular flexibility index (Phi) is 5.90. The Labute approximate surface area is 221 Å². The third kappa shape index (κ3) is 4.29. The molecule has 6 aromatic rings. The smallest absolute Gasteiger partial charge is 0.267 e. The number of hydrogen-bond acceptors (Lipinski definition) is 4. The maximum Gasteiger partial charge on any atom is 0.280 e. The quantitative estimate of drug-likeness (QED) is 0.289. The summed E-state index contributed by atoms with van der Waals surface area (Å²) in [6.45, 7) is 0. The van der Waals surface area contributed by atoms with E-state index in [0.717, 1.165) is 4.68 Å². The van der Waals surface area contributed by atoms with E-state index in [9.17, 15) is 14.0 Å². The summed E-state index contributed by atoms with van der Waals surface area (Å²) in [5, 5.41) is 1.42. The lowest BCUT2D eigenvalue weighted by Crippen LogP contribution is -2.35. The van der Waals surface area contributed by atoms with Crippen molar-refractivity contribution in [3.05, 3.63) is 130 Å². The fourth-order valence-electron chi connectivity index (χ4n) is 4.35. The van der Waals surface area contributed by atoms with Crippen molar-refractivity contribution >= 4 is 39.3 Å². The van der Waals surface area contributed by atoms with Crippen LogP contribution in [-0.4, -0.2) is 20.6 Å². The highest BCUT2D eigenvalue weighted by atomic mass is 35.5. The van der Waals surface area contributed by atoms with E-state index in [2.05, 4.69) is 15.4 Å². The van der Waals surface area contributed by atoms with E-state index in [0.29, 0.717) is 49.2 Å². The van der Waals surface area contributed by atoms with Gasteiger partial charge in [-0.15, -0.1) is 0 Å². The summed E-state index contributed by atoms with van der Waals surface area (Å²) in [6.07, 6.45) is 0. The van der Waals surface area contributed by atoms with Gasteiger partial charge in [-0.05, 0) is 60.7 Å². The van der Waals surface area contributed by atoms with Crippen molar-refractivity contribution in [2.75, 3.05) is 5.43 Å². The van der Waals surface area contributed by atoms with Gasteiger partial charge in [0, 0.05) is 21.5 Å². The first-order valence-electron chi connectivity index (χ1n) is 11.7. The number of carbonyl (C=O) groups is 1. The Morgan fingerprint density at radius 1 is 0.763 bits per heavy atom. The van der Waals surface area contributed by atoms with Gasteiger partial charge in [0.1, 0.15) is 5.82 Å². The number of nitrogens with one attached hydrogen (secondary N) is 1. The number of para-hydroxylation sites is 2. The average Bonchev–Trinajstić information content (AvgIpc) is 2.94. The summed E-state index contributed by atoms with van der Waals surface area (Å²) in [4.78, 5) is 36.7. The second-order valence-corrected chi connectivity index (χ2v) is 9.06. The predicted octanol–water partition coefficient (Wildman–Crippen LogP) is 6.46. The lowest BCUT2D eigenvalue weighted by Gasteiger charge is -2.16. The number of amides is 1. The molecule has 2 aromatic heterocycles. The van der Waals surface area contributed by atoms with Gasteiger partial charge in [0.05, 0.1) is 27.7 Å². The third-order valence-corrected chi connectivity index (χ3v) is 6.41. The zero-order chi connectivity index (χ0) is 26.2. The van der Waals surface area contributed by atoms with Crippen molar-refractivity contribution in [3.8, 4) is 22.6 Å². The minimum absolute atomic E-state index is 0.238. The molecule has 0 atom stereocenters. The number of hydrogen-bond donors (Lipinski definition) is 1. The van der Waals surface area contributed by atoms with Gasteiger partial charge < -0.3 is 0 Å². The van der Waals surface area contributed by atoms with Crippen LogP contribution >= 0.6 is 11.6 Å². The second-order valence-electron chi connectivity index (χ2n) is 8.62. The number of fused-ring (bicyclic) bond motifs is 2. The molecule has 8 heteroatoms. The van der Waals surface area contributed by atoms with Crippen LogP contribution in [0, 0.1) is 5.82 Å². The predicted molar refractivity (Wildman–Crippen MR) is 147 cm³/mol. The zero-order valence-corrected chi connectivity index (χ0v) is 20.5. The summed E-state index contributed by atoms with van der Waals surface area (Å²) in [7, 11) is 0. The normalized spacial score (nSPS) is 11.1. The van der Waals surface area contributed by atoms with Crippen LogP contribution < -0.4 is 11.0 Å². The molecule has 6 nitrogen and oxygen atoms in total. The number of carbonyl (C=O) groups excluding carboxylic acids is 1. The Hall–Kier alpha value is -4.88. The van der Waals surface area contributed by atoms with Crippen LogP contribution in [0.1, 0.15) is 10.4 Å². The largest absolute Gasteiger partial charge is 0.280 e. The lowest BCUT2D eigenvalue weighted by atomic mass is 10.0. The highest BCUT2D eigenvalue weighted by Crippen LogP contribution is 2.26. The summed E-state index contributed by atoms with van der Waals surface area (Å²) in [5.41, 5.74) is 5.40. The number of rotatable bonds is 4. The molecule has 1 N–H and O–H groups in total. The van der Waals surface area contributed by atoms with Crippen molar-refractivity contribution in [2.45, 2.75) is 0 Å². The zero-order valence-electron chi connectivity index (χ0n) is 19.7. The molecular formula is C30H18ClFN4O2. The summed E-state index contributed by atoms with van der Waals surface area (Å²) >= 11 is 6.22. The molecule has 0 aliphatic heterocycles. The van der Waals surface area contributed by atoms with Crippen LogP contribution in [0.15, 0.2) is 108 Å². The first-order valence-corrected chi connectivity index (χ1v) is 12.1. The van der Waals surface area contributed by atoms with Crippen LogP contribution in [0.4, 0.5) is 4.39 Å². The molecule has 0 saturated heterocycles. The van der Waals surface area contributed by atoms with Crippen LogP contribution in [0.3, 0.4) is 0 Å². The Morgan fingerprint density at radius 2 is 1.45 bits per heavy atom. The van der Waals surface area contributed by atoms with E-state index in [1.807, 2.05) is 6.07 Å². The number of halogens is 2. The fraction of sp³-hybridized carbons (Fsp3) is 0. The van der Waals surface area contributed by atoms with Gasteiger partial charge in [-0.1, -0.05) is 54.1 Å². The van der Waals surface area contributed by atoms with Crippen LogP contribution in [0.2, 0.25) is 5.02 Å². The molecule has 0 saturated carbocycles. The molecule has 6 rings (SSSR count). The highest BCUT2D eigenvalue weighted by Gasteiger charge is 2.19. The van der Waals surface area contributed by atoms with E-state index in [1.54, 1.807) is 84.9 Å². The van der Waals surface area contributed by atoms with Gasteiger partial charge in [-0.25, -0.2) is 14.4 Å². The highest BCUT2D eigenvalue weighted by molar-refractivity contribution is 6.30. The molecule has 2 heterocycles. The molecule has 0 radical (unpaired) electrons. The second kappa shape index (κ2) is 9.53. The van der Waals surface area contributed by atoms with E-state index in [-0.39, 0.29) is 11.6 Å². The maximum atomic E-state index is 13.8. The topological polar surface area (TPSA) is 76.9 Å². The van der Waals surface area contributed by atoms with Crippen LogP contribution in [-0.2, 0) is 0 Å². The number of pyridine rings is 1. The SMILES string of the molecule is O=C(Nn1c(-c2cccc(Cl)c2)nc2ccccc2c1=O)c1cc(-c2ccc(F)cc2)nc2ccccc12. The summed E-state index contributed by atoms with van der Waals surface area (Å²) in [6, 6.07) is 28.5. The van der Waals surface area contributed by atoms with Gasteiger partial charge in [0.25, 0.3) is 11.5 Å². The molecule has 4 aromatic carbocycles. The Bertz CT molecular complexity index is 1920. The first kappa shape index (κ1) is 23.5. The minimum atomic E-state index is -0.533. The molecule has 0 bridgehead atoms. The van der Waals surface area contributed by atoms with Gasteiger partial charge >= 0.3 is 0 Å². The van der Waals surface area contributed by atoms with E-state index < -0.39 is 11.5 Å². The Morgan fingerprint density at radius 3 is 2.18 bits per heavy atom. The third-order valence-electron chi connectivity index (χ3n) is 6.17. The van der Waals surface area contributed by atoms with Gasteiger partial charge in [0.2, 0.25) is 0 Å². The molecule has 0 aliphatic carbocycles. The summed E-state index contributed by atoms with van der Waals surface area (Å²) < 4.78 is 14.7. The standard InChI is InChI=1S/C30H18ClFN4O2/c31-20-7-5-6-19(16-20)28-34-26-11-4-2-9-23(26)30(38)36(28)35-29(37)24-17-27(18-12-14-21(32)15-13-18)33-25-10-3-1-8-22(24)25/h1-17H,(H,35,37). The van der Waals surface area contributed by atoms with Crippen LogP contribution in [0.5, 0.6) is 0 Å². The average molecular weight is 521 g/mol. The van der Waals surface area contributed by atoms with E-state index in [1.165, 1.54) is 12.1 Å². The van der Waals surface area contributed by atoms with Crippen molar-refractivity contribution in [1.82, 2.24) is 14.6 Å². The molecule has 1 amide bonds. The van der Waals surface area contributed by atoms with Gasteiger partial charge in [-0.2, -0.15) is 4.68 Å². The molecule has 0 aliphatic rings. The Balaban J connectivity index is 1.52. The van der Waals surface area contributed by atoms with Crippen molar-refractivity contribution in [1.29, 1.82) is 0 Å². The molecule has 184 valence electrons. The number of aromatic nitrogens is 3. The van der Waals surface area contributed by atoms with Crippen molar-refractivity contribution in [3.63, 3.8) is 0 Å². The molecule has 0 spiro atoms. The number of nitrogens with zero attached hydrogens (tertiary/aromatic N) is 3. The van der Waals surface area contributed by atoms with Crippen molar-refractivity contribution in [2.24, 2.45) is 0 Å². The minimum Gasteiger partial charge on any atom is -0.267 e. The summed E-state index contributed by atoms with van der Waals surface area (Å²) in [5.74, 6) is -0.666. The van der Waals surface area contributed by atoms with E-state index in [4.69, 9.17) is 11.6 Å².